The Morgan fingerprint density at radius 2 is 1.71 bits per heavy atom. The van der Waals surface area contributed by atoms with Crippen molar-refractivity contribution in [3.63, 3.8) is 0 Å². The van der Waals surface area contributed by atoms with Crippen molar-refractivity contribution in [1.29, 1.82) is 0 Å². The molecule has 0 unspecified atom stereocenters. The van der Waals surface area contributed by atoms with Crippen LogP contribution in [0.2, 0.25) is 5.02 Å². The Labute approximate surface area is 185 Å². The van der Waals surface area contributed by atoms with Gasteiger partial charge in [-0.3, -0.25) is 14.5 Å². The molecule has 0 bridgehead atoms. The molecule has 2 aromatic carbocycles. The fourth-order valence-corrected chi connectivity index (χ4v) is 4.17. The number of nitrogens with zero attached hydrogens (tertiary/aromatic N) is 2. The molecule has 0 aliphatic carbocycles. The summed E-state index contributed by atoms with van der Waals surface area (Å²) in [6, 6.07) is 13.0. The van der Waals surface area contributed by atoms with Gasteiger partial charge in [-0.25, -0.2) is 4.39 Å². The number of anilines is 3. The predicted octanol–water partition coefficient (Wildman–Crippen LogP) is 5.61. The van der Waals surface area contributed by atoms with E-state index in [1.807, 2.05) is 31.7 Å². The number of amides is 1. The Morgan fingerprint density at radius 3 is 2.42 bits per heavy atom. The largest absolute Gasteiger partial charge is 0.324 e. The van der Waals surface area contributed by atoms with Crippen LogP contribution < -0.4 is 15.4 Å². The molecule has 0 radical (unpaired) electrons. The number of benzene rings is 2. The van der Waals surface area contributed by atoms with E-state index < -0.39 is 0 Å². The van der Waals surface area contributed by atoms with Crippen LogP contribution in [0.3, 0.4) is 0 Å². The first-order chi connectivity index (χ1) is 14.8. The van der Waals surface area contributed by atoms with Crippen LogP contribution in [-0.4, -0.2) is 17.6 Å². The maximum Gasteiger partial charge on any atom is 0.261 e. The monoisotopic (exact) mass is 439 g/mol. The van der Waals surface area contributed by atoms with Crippen LogP contribution in [0.15, 0.2) is 53.3 Å². The van der Waals surface area contributed by atoms with Crippen molar-refractivity contribution in [2.75, 3.05) is 16.5 Å². The first-order valence-corrected chi connectivity index (χ1v) is 10.6. The number of fused-ring (bicyclic) bond motifs is 1. The van der Waals surface area contributed by atoms with E-state index in [1.54, 1.807) is 29.2 Å². The van der Waals surface area contributed by atoms with Crippen LogP contribution in [-0.2, 0) is 6.42 Å². The molecule has 3 aromatic rings. The fraction of sp³-hybridized carbons (Fsp3) is 0.250. The Balaban J connectivity index is 1.93. The summed E-state index contributed by atoms with van der Waals surface area (Å²) < 4.78 is 14.0. The first-order valence-electron chi connectivity index (χ1n) is 10.2. The maximum absolute atomic E-state index is 14.0. The number of hydrogen-bond acceptors (Lipinski definition) is 3. The summed E-state index contributed by atoms with van der Waals surface area (Å²) in [5, 5.41) is 0.453. The standard InChI is InChI=1S/C24H23ClFN3O2/c1-4-19-22(9-10-23(30)27-19)29-13-28(20-8-6-16(26)12-17(20)14(2)3)21-7-5-15(25)11-18(21)24(29)31/h5-12,14H,4,13H2,1-3H3,(H,27,30). The minimum atomic E-state index is -0.303. The lowest BCUT2D eigenvalue weighted by Crippen LogP contribution is -2.46. The predicted molar refractivity (Wildman–Crippen MR) is 122 cm³/mol. The summed E-state index contributed by atoms with van der Waals surface area (Å²) in [5.74, 6) is -0.432. The van der Waals surface area contributed by atoms with Crippen LogP contribution in [0.5, 0.6) is 0 Å². The van der Waals surface area contributed by atoms with Gasteiger partial charge in [0.1, 0.15) is 12.5 Å². The number of aromatic amines is 1. The zero-order valence-corrected chi connectivity index (χ0v) is 18.3. The molecular formula is C24H23ClFN3O2. The molecule has 1 aliphatic heterocycles. The van der Waals surface area contributed by atoms with Gasteiger partial charge in [-0.1, -0.05) is 32.4 Å². The van der Waals surface area contributed by atoms with Gasteiger partial charge in [-0.2, -0.15) is 0 Å². The van der Waals surface area contributed by atoms with E-state index in [2.05, 4.69) is 4.98 Å². The summed E-state index contributed by atoms with van der Waals surface area (Å²) >= 11 is 6.22. The number of nitrogens with one attached hydrogen (secondary N) is 1. The third kappa shape index (κ3) is 3.83. The van der Waals surface area contributed by atoms with Crippen molar-refractivity contribution in [3.8, 4) is 0 Å². The molecule has 31 heavy (non-hydrogen) atoms. The maximum atomic E-state index is 14.0. The zero-order chi connectivity index (χ0) is 22.3. The third-order valence-corrected chi connectivity index (χ3v) is 5.77. The minimum absolute atomic E-state index is 0.0758. The van der Waals surface area contributed by atoms with Gasteiger partial charge >= 0.3 is 0 Å². The fourth-order valence-electron chi connectivity index (χ4n) is 4.00. The summed E-state index contributed by atoms with van der Waals surface area (Å²) in [6.45, 7) is 6.15. The van der Waals surface area contributed by atoms with E-state index in [-0.39, 0.29) is 29.9 Å². The van der Waals surface area contributed by atoms with Crippen molar-refractivity contribution < 1.29 is 9.18 Å². The number of halogens is 2. The molecule has 1 N–H and O–H groups in total. The second-order valence-electron chi connectivity index (χ2n) is 7.86. The molecule has 160 valence electrons. The summed E-state index contributed by atoms with van der Waals surface area (Å²) in [5.41, 5.74) is 3.91. The lowest BCUT2D eigenvalue weighted by Gasteiger charge is -2.39. The van der Waals surface area contributed by atoms with Crippen LogP contribution >= 0.6 is 11.6 Å². The second-order valence-corrected chi connectivity index (χ2v) is 8.30. The third-order valence-electron chi connectivity index (χ3n) is 5.53. The SMILES string of the molecule is CCc1[nH]c(=O)ccc1N1CN(c2ccc(F)cc2C(C)C)c2ccc(Cl)cc2C1=O. The van der Waals surface area contributed by atoms with Crippen LogP contribution in [0.1, 0.15) is 48.3 Å². The number of rotatable bonds is 4. The van der Waals surface area contributed by atoms with Crippen molar-refractivity contribution in [2.24, 2.45) is 0 Å². The van der Waals surface area contributed by atoms with Crippen molar-refractivity contribution in [3.05, 3.63) is 86.5 Å². The number of hydrogen-bond donors (Lipinski definition) is 1. The number of aryl methyl sites for hydroxylation is 1. The quantitative estimate of drug-likeness (QED) is 0.574. The summed E-state index contributed by atoms with van der Waals surface area (Å²) in [4.78, 5) is 31.7. The van der Waals surface area contributed by atoms with E-state index in [0.717, 1.165) is 11.3 Å². The Bertz CT molecular complexity index is 1220. The number of H-pyrrole nitrogens is 1. The molecule has 1 aromatic heterocycles. The number of aromatic nitrogens is 1. The second kappa shape index (κ2) is 8.19. The van der Waals surface area contributed by atoms with Crippen LogP contribution in [0.4, 0.5) is 21.5 Å². The molecule has 0 saturated carbocycles. The smallest absolute Gasteiger partial charge is 0.261 e. The van der Waals surface area contributed by atoms with Crippen molar-refractivity contribution in [1.82, 2.24) is 4.98 Å². The van der Waals surface area contributed by atoms with Gasteiger partial charge in [0.05, 0.1) is 16.9 Å². The van der Waals surface area contributed by atoms with Gasteiger partial charge < -0.3 is 9.88 Å². The van der Waals surface area contributed by atoms with Crippen LogP contribution in [0.25, 0.3) is 0 Å². The molecular weight excluding hydrogens is 417 g/mol. The topological polar surface area (TPSA) is 56.4 Å². The van der Waals surface area contributed by atoms with E-state index in [4.69, 9.17) is 11.6 Å². The molecule has 0 saturated heterocycles. The molecule has 5 nitrogen and oxygen atoms in total. The number of pyridine rings is 1. The average molecular weight is 440 g/mol. The van der Waals surface area contributed by atoms with E-state index in [1.165, 1.54) is 18.2 Å². The lowest BCUT2D eigenvalue weighted by atomic mass is 9.98. The van der Waals surface area contributed by atoms with Gasteiger partial charge in [-0.05, 0) is 60.4 Å². The Kier molecular flexibility index (Phi) is 5.58. The van der Waals surface area contributed by atoms with Gasteiger partial charge in [0.25, 0.3) is 5.91 Å². The van der Waals surface area contributed by atoms with Crippen LogP contribution in [0, 0.1) is 5.82 Å². The molecule has 1 aliphatic rings. The minimum Gasteiger partial charge on any atom is -0.324 e. The van der Waals surface area contributed by atoms with Crippen molar-refractivity contribution >= 4 is 34.6 Å². The highest BCUT2D eigenvalue weighted by atomic mass is 35.5. The highest BCUT2D eigenvalue weighted by Crippen LogP contribution is 2.40. The highest BCUT2D eigenvalue weighted by molar-refractivity contribution is 6.31. The van der Waals surface area contributed by atoms with Gasteiger partial charge in [-0.15, -0.1) is 0 Å². The van der Waals surface area contributed by atoms with Crippen molar-refractivity contribution in [2.45, 2.75) is 33.1 Å². The van der Waals surface area contributed by atoms with E-state index in [0.29, 0.717) is 34.1 Å². The van der Waals surface area contributed by atoms with Gasteiger partial charge in [0, 0.05) is 22.5 Å². The van der Waals surface area contributed by atoms with E-state index in [9.17, 15) is 14.0 Å². The van der Waals surface area contributed by atoms with Gasteiger partial charge in [0.2, 0.25) is 5.56 Å². The molecule has 0 fully saturated rings. The number of carbonyl (C=O) groups excluding carboxylic acids is 1. The molecule has 4 rings (SSSR count). The summed E-state index contributed by atoms with van der Waals surface area (Å²) in [6.07, 6.45) is 0.561. The zero-order valence-electron chi connectivity index (χ0n) is 17.6. The molecule has 0 atom stereocenters. The normalized spacial score (nSPS) is 13.7. The lowest BCUT2D eigenvalue weighted by molar-refractivity contribution is 0.0983. The molecule has 7 heteroatoms. The average Bonchev–Trinajstić information content (AvgIpc) is 2.74. The Morgan fingerprint density at radius 1 is 1.00 bits per heavy atom. The van der Waals surface area contributed by atoms with Gasteiger partial charge in [0.15, 0.2) is 0 Å². The Hall–Kier alpha value is -3.12. The number of carbonyl (C=O) groups is 1. The summed E-state index contributed by atoms with van der Waals surface area (Å²) in [7, 11) is 0. The first kappa shape index (κ1) is 21.1. The molecule has 0 spiro atoms. The van der Waals surface area contributed by atoms with E-state index >= 15 is 0 Å². The molecule has 2 heterocycles. The molecule has 1 amide bonds. The highest BCUT2D eigenvalue weighted by Gasteiger charge is 2.33.